The summed E-state index contributed by atoms with van der Waals surface area (Å²) in [5.74, 6) is -0.588. The minimum Gasteiger partial charge on any atom is -0.463 e. The average Bonchev–Trinajstić information content (AvgIpc) is 3.49. The molecule has 0 bridgehead atoms. The van der Waals surface area contributed by atoms with Gasteiger partial charge in [-0.1, -0.05) is 11.6 Å². The van der Waals surface area contributed by atoms with E-state index in [4.69, 9.17) is 25.2 Å². The minimum absolute atomic E-state index is 0.0929. The van der Waals surface area contributed by atoms with Crippen molar-refractivity contribution in [3.63, 3.8) is 0 Å². The summed E-state index contributed by atoms with van der Waals surface area (Å²) < 4.78 is 33.2. The first-order valence-electron chi connectivity index (χ1n) is 11.6. The number of rotatable bonds is 3. The van der Waals surface area contributed by atoms with Crippen molar-refractivity contribution >= 4 is 72.3 Å². The van der Waals surface area contributed by atoms with Gasteiger partial charge in [-0.05, 0) is 42.5 Å². The van der Waals surface area contributed by atoms with Gasteiger partial charge in [0.25, 0.3) is 0 Å². The molecular weight excluding hydrogens is 513 g/mol. The quantitative estimate of drug-likeness (QED) is 0.150. The van der Waals surface area contributed by atoms with Gasteiger partial charge in [-0.15, -0.1) is 0 Å². The van der Waals surface area contributed by atoms with E-state index < -0.39 is 17.4 Å². The number of furan rings is 1. The Morgan fingerprint density at radius 3 is 2.84 bits per heavy atom. The van der Waals surface area contributed by atoms with Gasteiger partial charge in [0, 0.05) is 40.9 Å². The maximum atomic E-state index is 15.2. The van der Waals surface area contributed by atoms with Crippen molar-refractivity contribution in [2.45, 2.75) is 13.5 Å². The van der Waals surface area contributed by atoms with Gasteiger partial charge in [-0.3, -0.25) is 4.79 Å². The summed E-state index contributed by atoms with van der Waals surface area (Å²) in [5, 5.41) is 2.94. The molecule has 0 N–H and O–H groups in total. The van der Waals surface area contributed by atoms with E-state index in [9.17, 15) is 9.59 Å². The van der Waals surface area contributed by atoms with Gasteiger partial charge in [0.05, 0.1) is 34.6 Å². The van der Waals surface area contributed by atoms with E-state index in [1.165, 1.54) is 25.5 Å². The predicted octanol–water partition coefficient (Wildman–Crippen LogP) is 6.36. The van der Waals surface area contributed by atoms with Crippen LogP contribution in [0.25, 0.3) is 54.8 Å². The lowest BCUT2D eigenvalue weighted by molar-refractivity contribution is -0.131. The Balaban J connectivity index is 1.52. The molecule has 0 aliphatic carbocycles. The SMILES string of the molecule is CC(=O)Oc1ccc2cc(Cn3c4cc(F)c5ccoc5c4c4c5cccnc5oc(=O)c43)c(Cl)nc2c1. The molecule has 5 aromatic heterocycles. The number of carbonyl (C=O) groups is 1. The van der Waals surface area contributed by atoms with Gasteiger partial charge in [0.2, 0.25) is 5.71 Å². The molecule has 0 saturated heterocycles. The number of esters is 1. The molecule has 0 aliphatic rings. The van der Waals surface area contributed by atoms with Crippen molar-refractivity contribution in [1.82, 2.24) is 14.5 Å². The molecule has 0 atom stereocenters. The first-order valence-corrected chi connectivity index (χ1v) is 11.9. The Morgan fingerprint density at radius 2 is 2.00 bits per heavy atom. The topological polar surface area (TPSA) is 100 Å². The van der Waals surface area contributed by atoms with Crippen molar-refractivity contribution in [1.29, 1.82) is 0 Å². The largest absolute Gasteiger partial charge is 0.463 e. The molecule has 0 aliphatic heterocycles. The van der Waals surface area contributed by atoms with Gasteiger partial charge < -0.3 is 18.1 Å². The first kappa shape index (κ1) is 22.4. The highest BCUT2D eigenvalue weighted by molar-refractivity contribution is 6.30. The second kappa shape index (κ2) is 8.12. The highest BCUT2D eigenvalue weighted by Gasteiger charge is 2.24. The number of pyridine rings is 2. The summed E-state index contributed by atoms with van der Waals surface area (Å²) in [5.41, 5.74) is 1.64. The Morgan fingerprint density at radius 1 is 1.13 bits per heavy atom. The summed E-state index contributed by atoms with van der Waals surface area (Å²) >= 11 is 6.59. The zero-order valence-corrected chi connectivity index (χ0v) is 20.4. The fraction of sp³-hybridized carbons (Fsp3) is 0.0714. The third-order valence-electron chi connectivity index (χ3n) is 6.55. The normalized spacial score (nSPS) is 11.9. The lowest BCUT2D eigenvalue weighted by Gasteiger charge is -2.11. The van der Waals surface area contributed by atoms with Crippen LogP contribution in [-0.2, 0) is 11.3 Å². The minimum atomic E-state index is -0.626. The number of aromatic nitrogens is 3. The number of ether oxygens (including phenoxy) is 1. The second-order valence-corrected chi connectivity index (χ2v) is 9.22. The molecule has 8 nitrogen and oxygen atoms in total. The number of halogens is 2. The average molecular weight is 528 g/mol. The van der Waals surface area contributed by atoms with Crippen LogP contribution < -0.4 is 10.4 Å². The van der Waals surface area contributed by atoms with Gasteiger partial charge in [-0.2, -0.15) is 0 Å². The smallest absolute Gasteiger partial charge is 0.362 e. The number of hydrogen-bond acceptors (Lipinski definition) is 7. The number of hydrogen-bond donors (Lipinski definition) is 0. The van der Waals surface area contributed by atoms with E-state index in [0.29, 0.717) is 49.5 Å². The summed E-state index contributed by atoms with van der Waals surface area (Å²) in [4.78, 5) is 33.3. The van der Waals surface area contributed by atoms with E-state index in [1.54, 1.807) is 41.0 Å². The van der Waals surface area contributed by atoms with E-state index in [0.717, 1.165) is 5.39 Å². The zero-order chi connectivity index (χ0) is 26.1. The van der Waals surface area contributed by atoms with E-state index >= 15 is 4.39 Å². The van der Waals surface area contributed by atoms with E-state index in [1.807, 2.05) is 6.07 Å². The van der Waals surface area contributed by atoms with Gasteiger partial charge in [0.1, 0.15) is 27.8 Å². The fourth-order valence-corrected chi connectivity index (χ4v) is 5.23. The van der Waals surface area contributed by atoms with Crippen molar-refractivity contribution in [2.75, 3.05) is 0 Å². The van der Waals surface area contributed by atoms with Crippen LogP contribution in [0.3, 0.4) is 0 Å². The van der Waals surface area contributed by atoms with Crippen molar-refractivity contribution in [3.05, 3.63) is 87.9 Å². The van der Waals surface area contributed by atoms with Crippen LogP contribution in [0.5, 0.6) is 5.75 Å². The zero-order valence-electron chi connectivity index (χ0n) is 19.6. The Bertz CT molecular complexity index is 2180. The van der Waals surface area contributed by atoms with Crippen molar-refractivity contribution in [2.24, 2.45) is 0 Å². The molecule has 0 fully saturated rings. The molecule has 0 radical (unpaired) electrons. The van der Waals surface area contributed by atoms with Crippen LogP contribution >= 0.6 is 11.6 Å². The molecule has 0 amide bonds. The molecule has 7 rings (SSSR count). The number of carbonyl (C=O) groups excluding carboxylic acids is 1. The molecule has 38 heavy (non-hydrogen) atoms. The molecule has 0 unspecified atom stereocenters. The fourth-order valence-electron chi connectivity index (χ4n) is 5.02. The molecule has 10 heteroatoms. The van der Waals surface area contributed by atoms with Crippen LogP contribution in [0.1, 0.15) is 12.5 Å². The summed E-state index contributed by atoms with van der Waals surface area (Å²) in [6.07, 6.45) is 2.95. The highest BCUT2D eigenvalue weighted by atomic mass is 35.5. The third kappa shape index (κ3) is 3.29. The van der Waals surface area contributed by atoms with E-state index in [-0.39, 0.29) is 22.9 Å². The predicted molar refractivity (Wildman–Crippen MR) is 140 cm³/mol. The molecule has 0 saturated carbocycles. The molecule has 0 spiro atoms. The highest BCUT2D eigenvalue weighted by Crippen LogP contribution is 2.39. The maximum absolute atomic E-state index is 15.2. The van der Waals surface area contributed by atoms with Crippen LogP contribution in [0.15, 0.2) is 74.6 Å². The van der Waals surface area contributed by atoms with Crippen molar-refractivity contribution < 1.29 is 22.8 Å². The maximum Gasteiger partial charge on any atom is 0.362 e. The van der Waals surface area contributed by atoms with Crippen LogP contribution in [0, 0.1) is 5.82 Å². The molecule has 5 heterocycles. The van der Waals surface area contributed by atoms with Gasteiger partial charge in [0.15, 0.2) is 0 Å². The number of benzene rings is 2. The lowest BCUT2D eigenvalue weighted by Crippen LogP contribution is -2.09. The summed E-state index contributed by atoms with van der Waals surface area (Å²) in [7, 11) is 0. The van der Waals surface area contributed by atoms with Gasteiger partial charge in [-0.25, -0.2) is 19.2 Å². The van der Waals surface area contributed by atoms with Crippen LogP contribution in [-0.4, -0.2) is 20.5 Å². The van der Waals surface area contributed by atoms with E-state index in [2.05, 4.69) is 9.97 Å². The molecule has 7 aromatic rings. The molecule has 186 valence electrons. The number of nitrogens with zero attached hydrogens (tertiary/aromatic N) is 3. The van der Waals surface area contributed by atoms with Gasteiger partial charge >= 0.3 is 11.6 Å². The molecule has 2 aromatic carbocycles. The Kier molecular flexibility index (Phi) is 4.80. The second-order valence-electron chi connectivity index (χ2n) is 8.86. The molecular formula is C28H15ClFN3O5. The number of fused-ring (bicyclic) bond motifs is 8. The monoisotopic (exact) mass is 527 g/mol. The summed E-state index contributed by atoms with van der Waals surface area (Å²) in [6.45, 7) is 1.41. The van der Waals surface area contributed by atoms with Crippen LogP contribution in [0.2, 0.25) is 5.15 Å². The van der Waals surface area contributed by atoms with Crippen molar-refractivity contribution in [3.8, 4) is 5.75 Å². The summed E-state index contributed by atoms with van der Waals surface area (Å²) in [6, 6.07) is 13.3. The standard InChI is InChI=1S/C28H15ClFN3O5/c1-13(34)37-16-5-4-14-9-15(26(29)32-20(14)10-16)12-33-21-11-19(30)17-6-8-36-25(17)23(21)22-18-3-2-7-31-27(18)38-28(35)24(22)33/h2-11H,12H2,1H3. The third-order valence-corrected chi connectivity index (χ3v) is 6.87. The van der Waals surface area contributed by atoms with Crippen LogP contribution in [0.4, 0.5) is 4.39 Å². The Hall–Kier alpha value is -4.76. The first-order chi connectivity index (χ1) is 18.4. The lowest BCUT2D eigenvalue weighted by atomic mass is 10.1. The Labute approximate surface area is 216 Å².